The van der Waals surface area contributed by atoms with Gasteiger partial charge >= 0.3 is 0 Å². The van der Waals surface area contributed by atoms with Crippen molar-refractivity contribution in [2.24, 2.45) is 5.92 Å². The number of hydrogen-bond acceptors (Lipinski definition) is 1. The number of unbranched alkanes of at least 4 members (excludes halogenated alkanes) is 8. The minimum atomic E-state index is 0.740. The topological polar surface area (TPSA) is 12.0 Å². The van der Waals surface area contributed by atoms with E-state index in [9.17, 15) is 0 Å². The molecule has 1 atom stereocenters. The zero-order valence-electron chi connectivity index (χ0n) is 14.1. The lowest BCUT2D eigenvalue weighted by Crippen LogP contribution is -2.34. The van der Waals surface area contributed by atoms with Gasteiger partial charge in [-0.2, -0.15) is 0 Å². The van der Waals surface area contributed by atoms with Crippen LogP contribution in [0.3, 0.4) is 0 Å². The fourth-order valence-electron chi connectivity index (χ4n) is 2.68. The number of hydrogen-bond donors (Lipinski definition) is 1. The van der Waals surface area contributed by atoms with Crippen LogP contribution in [0.25, 0.3) is 0 Å². The highest BCUT2D eigenvalue weighted by atomic mass is 14.9. The van der Waals surface area contributed by atoms with Crippen LogP contribution in [-0.4, -0.2) is 12.6 Å². The van der Waals surface area contributed by atoms with E-state index in [-0.39, 0.29) is 0 Å². The molecule has 1 N–H and O–H groups in total. The molecule has 0 aromatic carbocycles. The summed E-state index contributed by atoms with van der Waals surface area (Å²) in [4.78, 5) is 0. The van der Waals surface area contributed by atoms with Crippen LogP contribution in [0.1, 0.15) is 98.3 Å². The molecule has 0 radical (unpaired) electrons. The normalized spacial score (nSPS) is 13.1. The van der Waals surface area contributed by atoms with E-state index in [0.29, 0.717) is 0 Å². The predicted octanol–water partition coefficient (Wildman–Crippen LogP) is 5.93. The third kappa shape index (κ3) is 12.7. The summed E-state index contributed by atoms with van der Waals surface area (Å²) in [5.74, 6) is 0.778. The Morgan fingerprint density at radius 1 is 0.684 bits per heavy atom. The summed E-state index contributed by atoms with van der Waals surface area (Å²) in [6.07, 6.45) is 15.5. The van der Waals surface area contributed by atoms with E-state index >= 15 is 0 Å². The SMILES string of the molecule is CCCCCCCCCCCC(NCCC)C(C)C. The van der Waals surface area contributed by atoms with Crippen LogP contribution in [0.5, 0.6) is 0 Å². The van der Waals surface area contributed by atoms with Gasteiger partial charge in [0.05, 0.1) is 0 Å². The predicted molar refractivity (Wildman–Crippen MR) is 88.8 cm³/mol. The van der Waals surface area contributed by atoms with Crippen LogP contribution in [0.4, 0.5) is 0 Å². The molecular formula is C18H39N. The van der Waals surface area contributed by atoms with Gasteiger partial charge in [0.25, 0.3) is 0 Å². The highest BCUT2D eigenvalue weighted by Crippen LogP contribution is 2.14. The van der Waals surface area contributed by atoms with Crippen LogP contribution >= 0.6 is 0 Å². The first kappa shape index (κ1) is 19.0. The minimum absolute atomic E-state index is 0.740. The molecular weight excluding hydrogens is 230 g/mol. The second kappa shape index (κ2) is 14.4. The fraction of sp³-hybridized carbons (Fsp3) is 1.00. The Labute approximate surface area is 122 Å². The van der Waals surface area contributed by atoms with Crippen LogP contribution in [0.2, 0.25) is 0 Å². The zero-order valence-corrected chi connectivity index (χ0v) is 14.1. The van der Waals surface area contributed by atoms with Gasteiger partial charge in [0.1, 0.15) is 0 Å². The van der Waals surface area contributed by atoms with Gasteiger partial charge < -0.3 is 5.32 Å². The maximum absolute atomic E-state index is 3.69. The molecule has 1 unspecified atom stereocenters. The van der Waals surface area contributed by atoms with Gasteiger partial charge in [-0.25, -0.2) is 0 Å². The van der Waals surface area contributed by atoms with Crippen molar-refractivity contribution < 1.29 is 0 Å². The quantitative estimate of drug-likeness (QED) is 0.385. The zero-order chi connectivity index (χ0) is 14.3. The Balaban J connectivity index is 3.34. The van der Waals surface area contributed by atoms with Crippen LogP contribution in [0.15, 0.2) is 0 Å². The second-order valence-electron chi connectivity index (χ2n) is 6.42. The van der Waals surface area contributed by atoms with Gasteiger partial charge in [-0.15, -0.1) is 0 Å². The summed E-state index contributed by atoms with van der Waals surface area (Å²) >= 11 is 0. The summed E-state index contributed by atoms with van der Waals surface area (Å²) in [7, 11) is 0. The van der Waals surface area contributed by atoms with E-state index in [2.05, 4.69) is 33.0 Å². The van der Waals surface area contributed by atoms with Crippen molar-refractivity contribution in [3.8, 4) is 0 Å². The molecule has 19 heavy (non-hydrogen) atoms. The minimum Gasteiger partial charge on any atom is -0.314 e. The Kier molecular flexibility index (Phi) is 14.3. The molecule has 0 spiro atoms. The van der Waals surface area contributed by atoms with E-state index in [1.54, 1.807) is 0 Å². The van der Waals surface area contributed by atoms with E-state index in [4.69, 9.17) is 0 Å². The monoisotopic (exact) mass is 269 g/mol. The molecule has 0 aliphatic heterocycles. The first-order chi connectivity index (χ1) is 9.22. The van der Waals surface area contributed by atoms with Gasteiger partial charge in [-0.3, -0.25) is 0 Å². The molecule has 0 amide bonds. The van der Waals surface area contributed by atoms with E-state index in [1.165, 1.54) is 77.2 Å². The average molecular weight is 270 g/mol. The smallest absolute Gasteiger partial charge is 0.00900 e. The highest BCUT2D eigenvalue weighted by Gasteiger charge is 2.11. The molecule has 0 bridgehead atoms. The van der Waals surface area contributed by atoms with Crippen LogP contribution in [-0.2, 0) is 0 Å². The van der Waals surface area contributed by atoms with Crippen molar-refractivity contribution in [3.63, 3.8) is 0 Å². The maximum atomic E-state index is 3.69. The lowest BCUT2D eigenvalue weighted by Gasteiger charge is -2.22. The Bertz CT molecular complexity index is 165. The van der Waals surface area contributed by atoms with Gasteiger partial charge in [-0.1, -0.05) is 85.5 Å². The third-order valence-corrected chi connectivity index (χ3v) is 4.08. The summed E-state index contributed by atoms with van der Waals surface area (Å²) < 4.78 is 0. The van der Waals surface area contributed by atoms with Crippen LogP contribution in [0, 0.1) is 5.92 Å². The van der Waals surface area contributed by atoms with Gasteiger partial charge in [0.2, 0.25) is 0 Å². The first-order valence-corrected chi connectivity index (χ1v) is 8.95. The third-order valence-electron chi connectivity index (χ3n) is 4.08. The lowest BCUT2D eigenvalue weighted by atomic mass is 9.97. The molecule has 1 nitrogen and oxygen atoms in total. The molecule has 0 fully saturated rings. The highest BCUT2D eigenvalue weighted by molar-refractivity contribution is 4.70. The van der Waals surface area contributed by atoms with Gasteiger partial charge in [-0.05, 0) is 25.3 Å². The molecule has 0 aromatic heterocycles. The summed E-state index contributed by atoms with van der Waals surface area (Å²) in [6, 6.07) is 0.740. The van der Waals surface area contributed by atoms with E-state index in [1.807, 2.05) is 0 Å². The van der Waals surface area contributed by atoms with Crippen molar-refractivity contribution in [3.05, 3.63) is 0 Å². The Morgan fingerprint density at radius 3 is 1.68 bits per heavy atom. The Hall–Kier alpha value is -0.0400. The number of rotatable bonds is 14. The number of nitrogens with one attached hydrogen (secondary N) is 1. The molecule has 0 rings (SSSR count). The van der Waals surface area contributed by atoms with Gasteiger partial charge in [0, 0.05) is 6.04 Å². The molecule has 1 heteroatoms. The molecule has 0 aliphatic rings. The van der Waals surface area contributed by atoms with Crippen molar-refractivity contribution in [2.75, 3.05) is 6.54 Å². The van der Waals surface area contributed by atoms with Gasteiger partial charge in [0.15, 0.2) is 0 Å². The molecule has 0 saturated heterocycles. The summed E-state index contributed by atoms with van der Waals surface area (Å²) in [5.41, 5.74) is 0. The molecule has 0 heterocycles. The maximum Gasteiger partial charge on any atom is 0.00900 e. The van der Waals surface area contributed by atoms with E-state index < -0.39 is 0 Å². The van der Waals surface area contributed by atoms with Crippen molar-refractivity contribution in [1.82, 2.24) is 5.32 Å². The van der Waals surface area contributed by atoms with Crippen molar-refractivity contribution in [2.45, 2.75) is 104 Å². The van der Waals surface area contributed by atoms with Crippen molar-refractivity contribution >= 4 is 0 Å². The summed E-state index contributed by atoms with van der Waals surface area (Å²) in [5, 5.41) is 3.69. The second-order valence-corrected chi connectivity index (χ2v) is 6.42. The van der Waals surface area contributed by atoms with E-state index in [0.717, 1.165) is 12.0 Å². The molecule has 116 valence electrons. The van der Waals surface area contributed by atoms with Crippen LogP contribution < -0.4 is 5.32 Å². The molecule has 0 aliphatic carbocycles. The fourth-order valence-corrected chi connectivity index (χ4v) is 2.68. The first-order valence-electron chi connectivity index (χ1n) is 8.95. The largest absolute Gasteiger partial charge is 0.314 e. The molecule has 0 saturated carbocycles. The standard InChI is InChI=1S/C18H39N/c1-5-7-8-9-10-11-12-13-14-15-18(17(3)4)19-16-6-2/h17-19H,5-16H2,1-4H3. The Morgan fingerprint density at radius 2 is 1.21 bits per heavy atom. The average Bonchev–Trinajstić information content (AvgIpc) is 2.39. The van der Waals surface area contributed by atoms with Crippen molar-refractivity contribution in [1.29, 1.82) is 0 Å². The lowest BCUT2D eigenvalue weighted by molar-refractivity contribution is 0.364. The summed E-state index contributed by atoms with van der Waals surface area (Å²) in [6.45, 7) is 10.4. The molecule has 0 aromatic rings.